The van der Waals surface area contributed by atoms with Gasteiger partial charge in [-0.15, -0.1) is 0 Å². The Kier molecular flexibility index (Phi) is 2.91. The lowest BCUT2D eigenvalue weighted by Gasteiger charge is -2.03. The van der Waals surface area contributed by atoms with Crippen molar-refractivity contribution >= 4 is 6.29 Å². The molecule has 0 saturated heterocycles. The number of aromatic amines is 1. The first kappa shape index (κ1) is 10.7. The number of aryl methyl sites for hydroxylation is 2. The van der Waals surface area contributed by atoms with Gasteiger partial charge in [0.05, 0.1) is 0 Å². The lowest BCUT2D eigenvalue weighted by atomic mass is 9.99. The van der Waals surface area contributed by atoms with Crippen molar-refractivity contribution in [3.63, 3.8) is 0 Å². The Labute approximate surface area is 95.3 Å². The highest BCUT2D eigenvalue weighted by molar-refractivity contribution is 5.74. The van der Waals surface area contributed by atoms with Crippen LogP contribution in [0.2, 0.25) is 0 Å². The molecule has 2 nitrogen and oxygen atoms in total. The molecule has 0 unspecified atom stereocenters. The average Bonchev–Trinajstić information content (AvgIpc) is 2.56. The van der Waals surface area contributed by atoms with Crippen LogP contribution in [-0.4, -0.2) is 11.3 Å². The summed E-state index contributed by atoms with van der Waals surface area (Å²) in [6.07, 6.45) is 1.43. The van der Waals surface area contributed by atoms with Gasteiger partial charge in [0.2, 0.25) is 0 Å². The molecule has 0 spiro atoms. The lowest BCUT2D eigenvalue weighted by molar-refractivity contribution is -0.107. The Balaban J connectivity index is 2.59. The average molecular weight is 213 g/mol. The molecule has 1 N–H and O–H groups in total. The van der Waals surface area contributed by atoms with Gasteiger partial charge in [0.25, 0.3) is 0 Å². The third-order valence-electron chi connectivity index (χ3n) is 2.85. The maximum Gasteiger partial charge on any atom is 0.124 e. The molecule has 0 radical (unpaired) electrons. The van der Waals surface area contributed by atoms with Crippen LogP contribution in [-0.2, 0) is 11.2 Å². The van der Waals surface area contributed by atoms with Gasteiger partial charge >= 0.3 is 0 Å². The van der Waals surface area contributed by atoms with Gasteiger partial charge in [0, 0.05) is 23.4 Å². The van der Waals surface area contributed by atoms with E-state index in [4.69, 9.17) is 0 Å². The number of carbonyl (C=O) groups is 1. The maximum absolute atomic E-state index is 10.7. The van der Waals surface area contributed by atoms with Crippen molar-refractivity contribution in [2.24, 2.45) is 0 Å². The molecule has 0 aliphatic heterocycles. The topological polar surface area (TPSA) is 32.9 Å². The Hall–Kier alpha value is -1.83. The van der Waals surface area contributed by atoms with E-state index in [2.05, 4.69) is 17.1 Å². The molecule has 1 aromatic carbocycles. The van der Waals surface area contributed by atoms with E-state index < -0.39 is 0 Å². The van der Waals surface area contributed by atoms with Crippen LogP contribution in [0.1, 0.15) is 17.0 Å². The van der Waals surface area contributed by atoms with Crippen LogP contribution in [0.5, 0.6) is 0 Å². The highest BCUT2D eigenvalue weighted by atomic mass is 16.1. The molecule has 0 saturated carbocycles. The first-order valence-electron chi connectivity index (χ1n) is 5.41. The van der Waals surface area contributed by atoms with Crippen molar-refractivity contribution in [3.05, 3.63) is 47.3 Å². The van der Waals surface area contributed by atoms with Gasteiger partial charge in [-0.1, -0.05) is 30.3 Å². The first-order valence-corrected chi connectivity index (χ1v) is 5.41. The fourth-order valence-corrected chi connectivity index (χ4v) is 2.17. The third-order valence-corrected chi connectivity index (χ3v) is 2.85. The van der Waals surface area contributed by atoms with E-state index in [0.29, 0.717) is 6.42 Å². The highest BCUT2D eigenvalue weighted by Gasteiger charge is 2.13. The summed E-state index contributed by atoms with van der Waals surface area (Å²) in [5.41, 5.74) is 5.66. The van der Waals surface area contributed by atoms with Gasteiger partial charge in [0.15, 0.2) is 0 Å². The summed E-state index contributed by atoms with van der Waals surface area (Å²) in [6.45, 7) is 4.06. The summed E-state index contributed by atoms with van der Waals surface area (Å²) in [4.78, 5) is 14.0. The van der Waals surface area contributed by atoms with Crippen LogP contribution < -0.4 is 0 Å². The molecular formula is C14H15NO. The van der Waals surface area contributed by atoms with Gasteiger partial charge in [-0.05, 0) is 25.0 Å². The molecule has 0 fully saturated rings. The summed E-state index contributed by atoms with van der Waals surface area (Å²) in [5, 5.41) is 0. The van der Waals surface area contributed by atoms with Crippen molar-refractivity contribution in [2.75, 3.05) is 0 Å². The number of benzene rings is 1. The zero-order valence-electron chi connectivity index (χ0n) is 9.58. The molecule has 82 valence electrons. The zero-order valence-corrected chi connectivity index (χ0v) is 9.58. The second kappa shape index (κ2) is 4.35. The minimum atomic E-state index is 0.473. The minimum Gasteiger partial charge on any atom is -0.362 e. The molecule has 2 aromatic rings. The van der Waals surface area contributed by atoms with Gasteiger partial charge in [-0.25, -0.2) is 0 Å². The summed E-state index contributed by atoms with van der Waals surface area (Å²) in [6, 6.07) is 10.2. The largest absolute Gasteiger partial charge is 0.362 e. The van der Waals surface area contributed by atoms with Gasteiger partial charge < -0.3 is 9.78 Å². The minimum absolute atomic E-state index is 0.473. The molecule has 0 bridgehead atoms. The van der Waals surface area contributed by atoms with Crippen LogP contribution in [0.4, 0.5) is 0 Å². The summed E-state index contributed by atoms with van der Waals surface area (Å²) in [7, 11) is 0. The van der Waals surface area contributed by atoms with E-state index in [1.807, 2.05) is 32.0 Å². The van der Waals surface area contributed by atoms with E-state index >= 15 is 0 Å². The standard InChI is InChI=1S/C14H15NO/c1-10-13(8-9-16)14(11(2)15-10)12-6-4-3-5-7-12/h3-7,9,15H,8H2,1-2H3. The predicted octanol–water partition coefficient (Wildman–Crippen LogP) is 3.04. The smallest absolute Gasteiger partial charge is 0.124 e. The Bertz CT molecular complexity index is 497. The number of aromatic nitrogens is 1. The fraction of sp³-hybridized carbons (Fsp3) is 0.214. The molecule has 0 atom stereocenters. The monoisotopic (exact) mass is 213 g/mol. The SMILES string of the molecule is Cc1[nH]c(C)c(-c2ccccc2)c1CC=O. The van der Waals surface area contributed by atoms with Gasteiger partial charge in [-0.3, -0.25) is 0 Å². The zero-order chi connectivity index (χ0) is 11.5. The van der Waals surface area contributed by atoms with Crippen molar-refractivity contribution in [1.82, 2.24) is 4.98 Å². The molecule has 2 heteroatoms. The number of hydrogen-bond donors (Lipinski definition) is 1. The number of nitrogens with one attached hydrogen (secondary N) is 1. The highest BCUT2D eigenvalue weighted by Crippen LogP contribution is 2.29. The number of rotatable bonds is 3. The van der Waals surface area contributed by atoms with Gasteiger partial charge in [0.1, 0.15) is 6.29 Å². The Morgan fingerprint density at radius 2 is 1.81 bits per heavy atom. The van der Waals surface area contributed by atoms with Crippen molar-refractivity contribution in [2.45, 2.75) is 20.3 Å². The van der Waals surface area contributed by atoms with E-state index in [9.17, 15) is 4.79 Å². The molecule has 0 aliphatic rings. The normalized spacial score (nSPS) is 10.4. The van der Waals surface area contributed by atoms with E-state index in [1.54, 1.807) is 0 Å². The summed E-state index contributed by atoms with van der Waals surface area (Å²) >= 11 is 0. The third kappa shape index (κ3) is 1.78. The Morgan fingerprint density at radius 3 is 2.44 bits per heavy atom. The first-order chi connectivity index (χ1) is 7.74. The van der Waals surface area contributed by atoms with Crippen LogP contribution in [0.25, 0.3) is 11.1 Å². The predicted molar refractivity (Wildman–Crippen MR) is 65.5 cm³/mol. The quantitative estimate of drug-likeness (QED) is 0.781. The van der Waals surface area contributed by atoms with E-state index in [-0.39, 0.29) is 0 Å². The molecule has 0 aliphatic carbocycles. The molecule has 1 heterocycles. The van der Waals surface area contributed by atoms with Crippen LogP contribution in [0, 0.1) is 13.8 Å². The molecule has 16 heavy (non-hydrogen) atoms. The fourth-order valence-electron chi connectivity index (χ4n) is 2.17. The lowest BCUT2D eigenvalue weighted by Crippen LogP contribution is -1.90. The van der Waals surface area contributed by atoms with Crippen LogP contribution in [0.15, 0.2) is 30.3 Å². The maximum atomic E-state index is 10.7. The number of carbonyl (C=O) groups excluding carboxylic acids is 1. The molecule has 0 amide bonds. The Morgan fingerprint density at radius 1 is 1.12 bits per heavy atom. The van der Waals surface area contributed by atoms with Crippen molar-refractivity contribution in [1.29, 1.82) is 0 Å². The number of H-pyrrole nitrogens is 1. The van der Waals surface area contributed by atoms with Crippen LogP contribution in [0.3, 0.4) is 0 Å². The second-order valence-electron chi connectivity index (χ2n) is 3.97. The van der Waals surface area contributed by atoms with E-state index in [1.165, 1.54) is 11.1 Å². The van der Waals surface area contributed by atoms with E-state index in [0.717, 1.165) is 23.2 Å². The molecule has 1 aromatic heterocycles. The summed E-state index contributed by atoms with van der Waals surface area (Å²) in [5.74, 6) is 0. The van der Waals surface area contributed by atoms with Gasteiger partial charge in [-0.2, -0.15) is 0 Å². The molecule has 2 rings (SSSR count). The molecular weight excluding hydrogens is 198 g/mol. The van der Waals surface area contributed by atoms with Crippen molar-refractivity contribution < 1.29 is 4.79 Å². The number of aldehydes is 1. The summed E-state index contributed by atoms with van der Waals surface area (Å²) < 4.78 is 0. The van der Waals surface area contributed by atoms with Crippen molar-refractivity contribution in [3.8, 4) is 11.1 Å². The second-order valence-corrected chi connectivity index (χ2v) is 3.97. The van der Waals surface area contributed by atoms with Crippen LogP contribution >= 0.6 is 0 Å². The number of hydrogen-bond acceptors (Lipinski definition) is 1.